The summed E-state index contributed by atoms with van der Waals surface area (Å²) in [5.41, 5.74) is 1.74. The van der Waals surface area contributed by atoms with Gasteiger partial charge in [0, 0.05) is 5.69 Å². The molecule has 110 valence electrons. The minimum atomic E-state index is -0.813. The van der Waals surface area contributed by atoms with Crippen molar-refractivity contribution in [1.82, 2.24) is 15.2 Å². The van der Waals surface area contributed by atoms with Crippen LogP contribution in [0, 0.1) is 0 Å². The van der Waals surface area contributed by atoms with Gasteiger partial charge in [0.2, 0.25) is 5.95 Å². The first-order valence-electron chi connectivity index (χ1n) is 6.44. The number of H-pyrrole nitrogens is 1. The smallest absolute Gasteiger partial charge is 0.316 e. The number of nitrogens with zero attached hydrogens (tertiary/aromatic N) is 2. The number of aromatic nitrogens is 3. The summed E-state index contributed by atoms with van der Waals surface area (Å²) in [7, 11) is 0. The van der Waals surface area contributed by atoms with E-state index < -0.39 is 11.8 Å². The van der Waals surface area contributed by atoms with Crippen molar-refractivity contribution >= 4 is 23.5 Å². The molecule has 0 unspecified atom stereocenters. The molecule has 2 amide bonds. The van der Waals surface area contributed by atoms with Crippen molar-refractivity contribution in [3.63, 3.8) is 0 Å². The molecule has 0 fully saturated rings. The van der Waals surface area contributed by atoms with E-state index in [1.54, 1.807) is 12.1 Å². The van der Waals surface area contributed by atoms with Gasteiger partial charge in [-0.25, -0.2) is 5.10 Å². The molecule has 3 N–H and O–H groups in total. The molecule has 0 radical (unpaired) electrons. The van der Waals surface area contributed by atoms with Gasteiger partial charge >= 0.3 is 11.8 Å². The zero-order valence-electron chi connectivity index (χ0n) is 12.1. The number of hydrogen-bond acceptors (Lipinski definition) is 4. The highest BCUT2D eigenvalue weighted by Crippen LogP contribution is 2.23. The molecule has 0 bridgehead atoms. The van der Waals surface area contributed by atoms with E-state index in [-0.39, 0.29) is 11.4 Å². The van der Waals surface area contributed by atoms with Crippen molar-refractivity contribution in [2.45, 2.75) is 26.2 Å². The fourth-order valence-corrected chi connectivity index (χ4v) is 1.67. The van der Waals surface area contributed by atoms with Crippen LogP contribution in [-0.4, -0.2) is 27.0 Å². The van der Waals surface area contributed by atoms with Gasteiger partial charge < -0.3 is 5.32 Å². The Hall–Kier alpha value is -2.70. The molecule has 0 aliphatic carbocycles. The number of amides is 2. The molecule has 7 heteroatoms. The van der Waals surface area contributed by atoms with Gasteiger partial charge in [0.1, 0.15) is 6.33 Å². The van der Waals surface area contributed by atoms with Gasteiger partial charge in [-0.3, -0.25) is 14.9 Å². The van der Waals surface area contributed by atoms with Gasteiger partial charge in [-0.15, -0.1) is 0 Å². The van der Waals surface area contributed by atoms with E-state index >= 15 is 0 Å². The third-order valence-electron chi connectivity index (χ3n) is 2.86. The van der Waals surface area contributed by atoms with Crippen LogP contribution in [0.15, 0.2) is 30.6 Å². The standard InChI is InChI=1S/C14H17N5O2/c1-14(2,3)9-4-6-10(7-5-9)17-11(20)12(21)18-13-15-8-16-19-13/h4-8H,1-3H3,(H,17,20)(H2,15,16,18,19,21). The lowest BCUT2D eigenvalue weighted by atomic mass is 9.87. The zero-order chi connectivity index (χ0) is 15.5. The fourth-order valence-electron chi connectivity index (χ4n) is 1.67. The predicted molar refractivity (Wildman–Crippen MR) is 78.8 cm³/mol. The Morgan fingerprint density at radius 2 is 1.67 bits per heavy atom. The fraction of sp³-hybridized carbons (Fsp3) is 0.286. The Kier molecular flexibility index (Phi) is 4.02. The topological polar surface area (TPSA) is 99.8 Å². The summed E-state index contributed by atoms with van der Waals surface area (Å²) < 4.78 is 0. The molecule has 0 aliphatic heterocycles. The Morgan fingerprint density at radius 3 is 2.19 bits per heavy atom. The first kappa shape index (κ1) is 14.7. The lowest BCUT2D eigenvalue weighted by molar-refractivity contribution is -0.133. The van der Waals surface area contributed by atoms with Gasteiger partial charge in [0.15, 0.2) is 0 Å². The Labute approximate surface area is 122 Å². The van der Waals surface area contributed by atoms with Crippen LogP contribution in [0.3, 0.4) is 0 Å². The Morgan fingerprint density at radius 1 is 1.05 bits per heavy atom. The summed E-state index contributed by atoms with van der Waals surface area (Å²) >= 11 is 0. The number of carbonyl (C=O) groups is 2. The summed E-state index contributed by atoms with van der Waals surface area (Å²) in [4.78, 5) is 27.1. The van der Waals surface area contributed by atoms with Crippen molar-refractivity contribution in [1.29, 1.82) is 0 Å². The predicted octanol–water partition coefficient (Wildman–Crippen LogP) is 1.68. The van der Waals surface area contributed by atoms with Crippen LogP contribution in [0.2, 0.25) is 0 Å². The van der Waals surface area contributed by atoms with E-state index in [2.05, 4.69) is 46.6 Å². The van der Waals surface area contributed by atoms with Gasteiger partial charge in [-0.05, 0) is 23.1 Å². The first-order valence-corrected chi connectivity index (χ1v) is 6.44. The maximum Gasteiger partial charge on any atom is 0.316 e. The second kappa shape index (κ2) is 5.74. The molecular weight excluding hydrogens is 270 g/mol. The van der Waals surface area contributed by atoms with E-state index in [1.807, 2.05) is 12.1 Å². The van der Waals surface area contributed by atoms with E-state index in [0.717, 1.165) is 5.56 Å². The molecule has 1 aromatic carbocycles. The summed E-state index contributed by atoms with van der Waals surface area (Å²) in [5.74, 6) is -1.46. The van der Waals surface area contributed by atoms with Crippen molar-refractivity contribution in [3.05, 3.63) is 36.2 Å². The number of hydrogen-bond donors (Lipinski definition) is 3. The normalized spacial score (nSPS) is 11.0. The Balaban J connectivity index is 1.98. The SMILES string of the molecule is CC(C)(C)c1ccc(NC(=O)C(=O)Nc2ncn[nH]2)cc1. The lowest BCUT2D eigenvalue weighted by Crippen LogP contribution is -2.29. The highest BCUT2D eigenvalue weighted by molar-refractivity contribution is 6.43. The average Bonchev–Trinajstić information content (AvgIpc) is 2.91. The number of aromatic amines is 1. The molecular formula is C14H17N5O2. The second-order valence-corrected chi connectivity index (χ2v) is 5.57. The van der Waals surface area contributed by atoms with Crippen molar-refractivity contribution < 1.29 is 9.59 Å². The lowest BCUT2D eigenvalue weighted by Gasteiger charge is -2.19. The van der Waals surface area contributed by atoms with Crippen molar-refractivity contribution in [2.24, 2.45) is 0 Å². The van der Waals surface area contributed by atoms with Crippen molar-refractivity contribution in [2.75, 3.05) is 10.6 Å². The minimum absolute atomic E-state index is 0.0339. The minimum Gasteiger partial charge on any atom is -0.318 e. The summed E-state index contributed by atoms with van der Waals surface area (Å²) in [5, 5.41) is 10.8. The van der Waals surface area contributed by atoms with E-state index in [1.165, 1.54) is 6.33 Å². The molecule has 0 saturated carbocycles. The number of anilines is 2. The van der Waals surface area contributed by atoms with E-state index in [4.69, 9.17) is 0 Å². The number of carbonyl (C=O) groups excluding carboxylic acids is 2. The quantitative estimate of drug-likeness (QED) is 0.732. The number of benzene rings is 1. The maximum atomic E-state index is 11.7. The molecule has 2 aromatic rings. The number of rotatable bonds is 2. The van der Waals surface area contributed by atoms with Crippen LogP contribution < -0.4 is 10.6 Å². The van der Waals surface area contributed by atoms with Gasteiger partial charge in [-0.2, -0.15) is 10.1 Å². The van der Waals surface area contributed by atoms with E-state index in [9.17, 15) is 9.59 Å². The van der Waals surface area contributed by atoms with E-state index in [0.29, 0.717) is 5.69 Å². The molecule has 0 spiro atoms. The van der Waals surface area contributed by atoms with Crippen LogP contribution >= 0.6 is 0 Å². The number of nitrogens with one attached hydrogen (secondary N) is 3. The molecule has 7 nitrogen and oxygen atoms in total. The highest BCUT2D eigenvalue weighted by atomic mass is 16.2. The van der Waals surface area contributed by atoms with Crippen LogP contribution in [0.4, 0.5) is 11.6 Å². The largest absolute Gasteiger partial charge is 0.318 e. The summed E-state index contributed by atoms with van der Waals surface area (Å²) in [6.45, 7) is 6.31. The first-order chi connectivity index (χ1) is 9.86. The summed E-state index contributed by atoms with van der Waals surface area (Å²) in [6, 6.07) is 7.37. The van der Waals surface area contributed by atoms with Gasteiger partial charge in [-0.1, -0.05) is 32.9 Å². The van der Waals surface area contributed by atoms with Crippen LogP contribution in [0.25, 0.3) is 0 Å². The van der Waals surface area contributed by atoms with Crippen LogP contribution in [0.5, 0.6) is 0 Å². The zero-order valence-corrected chi connectivity index (χ0v) is 12.1. The third-order valence-corrected chi connectivity index (χ3v) is 2.86. The monoisotopic (exact) mass is 287 g/mol. The summed E-state index contributed by atoms with van der Waals surface area (Å²) in [6.07, 6.45) is 1.23. The molecule has 1 heterocycles. The molecule has 2 rings (SSSR count). The second-order valence-electron chi connectivity index (χ2n) is 5.57. The molecule has 0 atom stereocenters. The molecule has 1 aromatic heterocycles. The Bertz CT molecular complexity index is 626. The van der Waals surface area contributed by atoms with Gasteiger partial charge in [0.05, 0.1) is 0 Å². The molecule has 21 heavy (non-hydrogen) atoms. The van der Waals surface area contributed by atoms with Crippen molar-refractivity contribution in [3.8, 4) is 0 Å². The molecule has 0 saturated heterocycles. The van der Waals surface area contributed by atoms with Crippen LogP contribution in [-0.2, 0) is 15.0 Å². The maximum absolute atomic E-state index is 11.7. The van der Waals surface area contributed by atoms with Crippen LogP contribution in [0.1, 0.15) is 26.3 Å². The molecule has 0 aliphatic rings. The highest BCUT2D eigenvalue weighted by Gasteiger charge is 2.16. The third kappa shape index (κ3) is 3.88. The average molecular weight is 287 g/mol. The van der Waals surface area contributed by atoms with Gasteiger partial charge in [0.25, 0.3) is 0 Å².